The van der Waals surface area contributed by atoms with E-state index in [1.54, 1.807) is 19.0 Å². The maximum absolute atomic E-state index is 13.2. The number of para-hydroxylation sites is 2. The van der Waals surface area contributed by atoms with Crippen LogP contribution >= 0.6 is 0 Å². The minimum absolute atomic E-state index is 0.00000231. The number of fused-ring (bicyclic) bond motifs is 2. The summed E-state index contributed by atoms with van der Waals surface area (Å²) in [5.41, 5.74) is 1.80. The summed E-state index contributed by atoms with van der Waals surface area (Å²) < 4.78 is 5.98. The van der Waals surface area contributed by atoms with Gasteiger partial charge in [0, 0.05) is 44.9 Å². The average molecular weight is 393 g/mol. The number of carbonyl (C=O) groups excluding carboxylic acids is 2. The molecule has 0 atom stereocenters. The fraction of sp³-hybridized carbons (Fsp3) is 0.391. The van der Waals surface area contributed by atoms with Gasteiger partial charge < -0.3 is 19.9 Å². The van der Waals surface area contributed by atoms with Crippen LogP contribution in [0, 0.1) is 5.92 Å². The van der Waals surface area contributed by atoms with Crippen molar-refractivity contribution in [2.45, 2.75) is 18.8 Å². The summed E-state index contributed by atoms with van der Waals surface area (Å²) in [6.07, 6.45) is 1.81. The number of nitrogens with zero attached hydrogens (tertiary/aromatic N) is 2. The molecule has 152 valence electrons. The molecule has 0 spiro atoms. The molecule has 2 aliphatic heterocycles. The van der Waals surface area contributed by atoms with Gasteiger partial charge in [-0.05, 0) is 30.9 Å². The smallest absolute Gasteiger partial charge is 0.319 e. The third kappa shape index (κ3) is 3.92. The molecule has 0 aliphatic carbocycles. The van der Waals surface area contributed by atoms with Crippen molar-refractivity contribution >= 4 is 11.9 Å². The van der Waals surface area contributed by atoms with Gasteiger partial charge in [0.2, 0.25) is 5.91 Å². The van der Waals surface area contributed by atoms with Crippen molar-refractivity contribution in [1.29, 1.82) is 0 Å². The number of carbonyl (C=O) groups is 2. The molecule has 0 bridgehead atoms. The number of likely N-dealkylation sites (tertiary alicyclic amines) is 1. The zero-order valence-electron chi connectivity index (χ0n) is 16.9. The summed E-state index contributed by atoms with van der Waals surface area (Å²) in [4.78, 5) is 28.8. The van der Waals surface area contributed by atoms with Crippen molar-refractivity contribution in [3.8, 4) is 11.5 Å². The zero-order chi connectivity index (χ0) is 20.4. The molecule has 2 aromatic rings. The predicted octanol–water partition coefficient (Wildman–Crippen LogP) is 3.43. The van der Waals surface area contributed by atoms with Gasteiger partial charge in [-0.1, -0.05) is 36.4 Å². The molecule has 3 amide bonds. The molecule has 1 saturated heterocycles. The molecule has 0 saturated carbocycles. The Morgan fingerprint density at radius 1 is 1.00 bits per heavy atom. The number of rotatable bonds is 3. The second kappa shape index (κ2) is 8.15. The summed E-state index contributed by atoms with van der Waals surface area (Å²) in [6, 6.07) is 15.5. The lowest BCUT2D eigenvalue weighted by Crippen LogP contribution is -2.45. The molecule has 2 heterocycles. The molecule has 6 nitrogen and oxygen atoms in total. The molecule has 1 fully saturated rings. The Morgan fingerprint density at radius 2 is 1.55 bits per heavy atom. The van der Waals surface area contributed by atoms with Crippen molar-refractivity contribution in [3.63, 3.8) is 0 Å². The van der Waals surface area contributed by atoms with Gasteiger partial charge in [0.1, 0.15) is 11.5 Å². The molecular weight excluding hydrogens is 366 g/mol. The van der Waals surface area contributed by atoms with E-state index in [1.165, 1.54) is 0 Å². The van der Waals surface area contributed by atoms with Crippen molar-refractivity contribution < 1.29 is 14.3 Å². The maximum atomic E-state index is 13.2. The van der Waals surface area contributed by atoms with Gasteiger partial charge in [0.05, 0.1) is 5.92 Å². The van der Waals surface area contributed by atoms with Crippen molar-refractivity contribution in [1.82, 2.24) is 15.1 Å². The highest BCUT2D eigenvalue weighted by molar-refractivity contribution is 5.89. The second-order valence-corrected chi connectivity index (χ2v) is 7.96. The van der Waals surface area contributed by atoms with Crippen LogP contribution in [0.2, 0.25) is 0 Å². The number of urea groups is 1. The van der Waals surface area contributed by atoms with Gasteiger partial charge in [-0.25, -0.2) is 4.79 Å². The molecule has 2 aromatic carbocycles. The average Bonchev–Trinajstić information content (AvgIpc) is 2.75. The number of hydrogen-bond acceptors (Lipinski definition) is 3. The minimum atomic E-state index is -0.369. The van der Waals surface area contributed by atoms with Gasteiger partial charge >= 0.3 is 6.03 Å². The third-order valence-corrected chi connectivity index (χ3v) is 5.77. The molecule has 0 unspecified atom stereocenters. The second-order valence-electron chi connectivity index (χ2n) is 7.96. The highest BCUT2D eigenvalue weighted by Gasteiger charge is 2.33. The molecule has 0 radical (unpaired) electrons. The first-order valence-corrected chi connectivity index (χ1v) is 10.1. The quantitative estimate of drug-likeness (QED) is 0.869. The predicted molar refractivity (Wildman–Crippen MR) is 111 cm³/mol. The van der Waals surface area contributed by atoms with Crippen LogP contribution in [0.1, 0.15) is 29.9 Å². The Labute approximate surface area is 171 Å². The van der Waals surface area contributed by atoms with E-state index in [4.69, 9.17) is 4.74 Å². The molecular formula is C23H27N3O3. The lowest BCUT2D eigenvalue weighted by molar-refractivity contribution is -0.122. The van der Waals surface area contributed by atoms with Crippen LogP contribution in [0.25, 0.3) is 0 Å². The largest absolute Gasteiger partial charge is 0.457 e. The molecule has 1 N–H and O–H groups in total. The van der Waals surface area contributed by atoms with Crippen LogP contribution in [0.4, 0.5) is 4.79 Å². The first-order valence-electron chi connectivity index (χ1n) is 10.1. The number of amides is 3. The van der Waals surface area contributed by atoms with E-state index in [0.717, 1.165) is 48.6 Å². The third-order valence-electron chi connectivity index (χ3n) is 5.77. The number of nitrogens with one attached hydrogen (secondary N) is 1. The summed E-state index contributed by atoms with van der Waals surface area (Å²) in [6.45, 7) is 2.10. The van der Waals surface area contributed by atoms with Gasteiger partial charge in [0.25, 0.3) is 0 Å². The summed E-state index contributed by atoms with van der Waals surface area (Å²) in [5, 5.41) is 3.16. The standard InChI is InChI=1S/C23H27N3O3/c1-25(2)23(28)26-13-11-16(12-14-26)15-24-22(27)21-17-7-3-5-9-19(17)29-20-10-6-4-8-18(20)21/h3-10,16,21H,11-15H2,1-2H3,(H,24,27). The van der Waals surface area contributed by atoms with E-state index in [0.29, 0.717) is 12.5 Å². The van der Waals surface area contributed by atoms with E-state index >= 15 is 0 Å². The summed E-state index contributed by atoms with van der Waals surface area (Å²) in [7, 11) is 3.55. The van der Waals surface area contributed by atoms with Crippen LogP contribution in [0.5, 0.6) is 11.5 Å². The number of ether oxygens (including phenoxy) is 1. The lowest BCUT2D eigenvalue weighted by atomic mass is 9.87. The van der Waals surface area contributed by atoms with E-state index in [1.807, 2.05) is 53.4 Å². The number of piperidine rings is 1. The Balaban J connectivity index is 1.42. The van der Waals surface area contributed by atoms with Crippen LogP contribution in [-0.4, -0.2) is 55.5 Å². The summed E-state index contributed by atoms with van der Waals surface area (Å²) in [5.74, 6) is 1.49. The first kappa shape index (κ1) is 19.3. The van der Waals surface area contributed by atoms with Crippen LogP contribution in [-0.2, 0) is 4.79 Å². The number of benzene rings is 2. The van der Waals surface area contributed by atoms with E-state index in [9.17, 15) is 9.59 Å². The maximum Gasteiger partial charge on any atom is 0.319 e. The lowest BCUT2D eigenvalue weighted by Gasteiger charge is -2.34. The molecule has 2 aliphatic rings. The molecule has 6 heteroatoms. The van der Waals surface area contributed by atoms with Crippen LogP contribution < -0.4 is 10.1 Å². The fourth-order valence-corrected chi connectivity index (χ4v) is 4.15. The molecule has 4 rings (SSSR count). The topological polar surface area (TPSA) is 61.9 Å². The Morgan fingerprint density at radius 3 is 2.10 bits per heavy atom. The van der Waals surface area contributed by atoms with Crippen molar-refractivity contribution in [3.05, 3.63) is 59.7 Å². The zero-order valence-corrected chi connectivity index (χ0v) is 16.9. The minimum Gasteiger partial charge on any atom is -0.457 e. The Bertz CT molecular complexity index is 858. The van der Waals surface area contributed by atoms with Gasteiger partial charge in [-0.15, -0.1) is 0 Å². The highest BCUT2D eigenvalue weighted by Crippen LogP contribution is 2.43. The SMILES string of the molecule is CN(C)C(=O)N1CCC(CNC(=O)C2c3ccccc3Oc3ccccc32)CC1. The summed E-state index contributed by atoms with van der Waals surface area (Å²) >= 11 is 0. The van der Waals surface area contributed by atoms with Crippen molar-refractivity contribution in [2.24, 2.45) is 5.92 Å². The van der Waals surface area contributed by atoms with E-state index in [-0.39, 0.29) is 17.9 Å². The van der Waals surface area contributed by atoms with Crippen LogP contribution in [0.3, 0.4) is 0 Å². The number of hydrogen-bond donors (Lipinski definition) is 1. The van der Waals surface area contributed by atoms with Gasteiger partial charge in [-0.3, -0.25) is 4.79 Å². The van der Waals surface area contributed by atoms with E-state index < -0.39 is 0 Å². The fourth-order valence-electron chi connectivity index (χ4n) is 4.15. The van der Waals surface area contributed by atoms with Gasteiger partial charge in [-0.2, -0.15) is 0 Å². The highest BCUT2D eigenvalue weighted by atomic mass is 16.5. The van der Waals surface area contributed by atoms with Crippen LogP contribution in [0.15, 0.2) is 48.5 Å². The molecule has 0 aromatic heterocycles. The monoisotopic (exact) mass is 393 g/mol. The molecule has 29 heavy (non-hydrogen) atoms. The van der Waals surface area contributed by atoms with Gasteiger partial charge in [0.15, 0.2) is 0 Å². The first-order chi connectivity index (χ1) is 14.0. The Hall–Kier alpha value is -3.02. The normalized spacial score (nSPS) is 16.4. The Kier molecular flexibility index (Phi) is 5.43. The van der Waals surface area contributed by atoms with E-state index in [2.05, 4.69) is 5.32 Å². The van der Waals surface area contributed by atoms with Crippen molar-refractivity contribution in [2.75, 3.05) is 33.7 Å².